The van der Waals surface area contributed by atoms with Gasteiger partial charge in [-0.05, 0) is 33.0 Å². The molecule has 0 spiro atoms. The number of methoxy groups -OCH3 is 1. The van der Waals surface area contributed by atoms with Gasteiger partial charge < -0.3 is 14.6 Å². The fraction of sp³-hybridized carbons (Fsp3) is 0.400. The molecule has 19 heavy (non-hydrogen) atoms. The van der Waals surface area contributed by atoms with Crippen molar-refractivity contribution in [2.45, 2.75) is 20.4 Å². The Labute approximate surface area is 114 Å². The molecule has 1 aromatic heterocycles. The molecule has 2 aromatic rings. The first kappa shape index (κ1) is 13.6. The number of ether oxygens (including phenoxy) is 1. The summed E-state index contributed by atoms with van der Waals surface area (Å²) in [5, 5.41) is 3.18. The SMILES string of the molecule is CNCc1c(C)nc(-c2cc(C)ccc2OC)n1C. The lowest BCUT2D eigenvalue weighted by molar-refractivity contribution is 0.416. The van der Waals surface area contributed by atoms with E-state index in [-0.39, 0.29) is 0 Å². The maximum Gasteiger partial charge on any atom is 0.143 e. The molecule has 0 atom stereocenters. The van der Waals surface area contributed by atoms with Gasteiger partial charge in [-0.3, -0.25) is 0 Å². The Morgan fingerprint density at radius 2 is 2.05 bits per heavy atom. The zero-order valence-electron chi connectivity index (χ0n) is 12.2. The largest absolute Gasteiger partial charge is 0.496 e. The number of aromatic nitrogens is 2. The summed E-state index contributed by atoms with van der Waals surface area (Å²) >= 11 is 0. The first-order valence-electron chi connectivity index (χ1n) is 6.40. The zero-order chi connectivity index (χ0) is 14.0. The van der Waals surface area contributed by atoms with Crippen molar-refractivity contribution in [3.63, 3.8) is 0 Å². The molecule has 0 saturated heterocycles. The summed E-state index contributed by atoms with van der Waals surface area (Å²) < 4.78 is 7.58. The number of aryl methyl sites for hydroxylation is 2. The average Bonchev–Trinajstić information content (AvgIpc) is 2.67. The van der Waals surface area contributed by atoms with Crippen LogP contribution in [0.1, 0.15) is 17.0 Å². The Balaban J connectivity index is 2.59. The molecule has 1 N–H and O–H groups in total. The van der Waals surface area contributed by atoms with Crippen LogP contribution in [0, 0.1) is 13.8 Å². The van der Waals surface area contributed by atoms with E-state index in [0.29, 0.717) is 0 Å². The molecule has 102 valence electrons. The zero-order valence-corrected chi connectivity index (χ0v) is 12.2. The second kappa shape index (κ2) is 5.45. The molecule has 0 aliphatic rings. The van der Waals surface area contributed by atoms with Gasteiger partial charge in [0.15, 0.2) is 0 Å². The third-order valence-corrected chi connectivity index (χ3v) is 3.35. The third kappa shape index (κ3) is 2.49. The second-order valence-electron chi connectivity index (χ2n) is 4.76. The lowest BCUT2D eigenvalue weighted by Crippen LogP contribution is -2.10. The molecule has 1 heterocycles. The van der Waals surface area contributed by atoms with Gasteiger partial charge in [-0.25, -0.2) is 4.98 Å². The van der Waals surface area contributed by atoms with Gasteiger partial charge in [-0.15, -0.1) is 0 Å². The molecule has 2 rings (SSSR count). The van der Waals surface area contributed by atoms with E-state index in [4.69, 9.17) is 9.72 Å². The number of hydrogen-bond acceptors (Lipinski definition) is 3. The minimum absolute atomic E-state index is 0.809. The van der Waals surface area contributed by atoms with Crippen molar-refractivity contribution in [2.75, 3.05) is 14.2 Å². The molecule has 0 amide bonds. The predicted octanol–water partition coefficient (Wildman–Crippen LogP) is 2.43. The summed E-state index contributed by atoms with van der Waals surface area (Å²) in [5.41, 5.74) is 4.48. The maximum atomic E-state index is 5.45. The summed E-state index contributed by atoms with van der Waals surface area (Å²) in [4.78, 5) is 4.69. The number of nitrogens with zero attached hydrogens (tertiary/aromatic N) is 2. The monoisotopic (exact) mass is 259 g/mol. The number of benzene rings is 1. The van der Waals surface area contributed by atoms with Crippen LogP contribution in [0.5, 0.6) is 5.75 Å². The molecule has 0 fully saturated rings. The number of imidazole rings is 1. The van der Waals surface area contributed by atoms with Crippen LogP contribution in [0.15, 0.2) is 18.2 Å². The molecular formula is C15H21N3O. The Morgan fingerprint density at radius 3 is 2.68 bits per heavy atom. The van der Waals surface area contributed by atoms with Gasteiger partial charge in [0.25, 0.3) is 0 Å². The number of rotatable bonds is 4. The highest BCUT2D eigenvalue weighted by atomic mass is 16.5. The molecule has 0 unspecified atom stereocenters. The summed E-state index contributed by atoms with van der Waals surface area (Å²) in [6.07, 6.45) is 0. The van der Waals surface area contributed by atoms with Crippen molar-refractivity contribution in [3.05, 3.63) is 35.2 Å². The van der Waals surface area contributed by atoms with E-state index in [1.807, 2.05) is 33.2 Å². The normalized spacial score (nSPS) is 10.8. The van der Waals surface area contributed by atoms with E-state index < -0.39 is 0 Å². The van der Waals surface area contributed by atoms with Crippen LogP contribution in [0.3, 0.4) is 0 Å². The Hall–Kier alpha value is -1.81. The highest BCUT2D eigenvalue weighted by Crippen LogP contribution is 2.31. The first-order valence-corrected chi connectivity index (χ1v) is 6.40. The van der Waals surface area contributed by atoms with E-state index in [0.717, 1.165) is 29.4 Å². The highest BCUT2D eigenvalue weighted by Gasteiger charge is 2.16. The van der Waals surface area contributed by atoms with E-state index in [2.05, 4.69) is 22.9 Å². The van der Waals surface area contributed by atoms with E-state index in [1.165, 1.54) is 11.3 Å². The first-order chi connectivity index (χ1) is 9.08. The molecule has 0 saturated carbocycles. The van der Waals surface area contributed by atoms with Gasteiger partial charge in [-0.1, -0.05) is 11.6 Å². The van der Waals surface area contributed by atoms with Crippen molar-refractivity contribution < 1.29 is 4.74 Å². The summed E-state index contributed by atoms with van der Waals surface area (Å²) in [5.74, 6) is 1.80. The highest BCUT2D eigenvalue weighted by molar-refractivity contribution is 5.66. The van der Waals surface area contributed by atoms with Crippen LogP contribution in [0.4, 0.5) is 0 Å². The van der Waals surface area contributed by atoms with E-state index in [1.54, 1.807) is 7.11 Å². The van der Waals surface area contributed by atoms with E-state index in [9.17, 15) is 0 Å². The van der Waals surface area contributed by atoms with Gasteiger partial charge in [0, 0.05) is 13.6 Å². The van der Waals surface area contributed by atoms with Crippen molar-refractivity contribution in [1.82, 2.24) is 14.9 Å². The minimum atomic E-state index is 0.809. The van der Waals surface area contributed by atoms with Crippen molar-refractivity contribution in [2.24, 2.45) is 7.05 Å². The molecule has 1 aromatic carbocycles. The molecule has 0 aliphatic heterocycles. The third-order valence-electron chi connectivity index (χ3n) is 3.35. The molecule has 0 aliphatic carbocycles. The lowest BCUT2D eigenvalue weighted by Gasteiger charge is -2.10. The lowest BCUT2D eigenvalue weighted by atomic mass is 10.1. The molecule has 4 heteroatoms. The van der Waals surface area contributed by atoms with Crippen LogP contribution in [0.2, 0.25) is 0 Å². The van der Waals surface area contributed by atoms with Gasteiger partial charge in [-0.2, -0.15) is 0 Å². The second-order valence-corrected chi connectivity index (χ2v) is 4.76. The predicted molar refractivity (Wildman–Crippen MR) is 77.4 cm³/mol. The van der Waals surface area contributed by atoms with Crippen molar-refractivity contribution in [3.8, 4) is 17.1 Å². The van der Waals surface area contributed by atoms with Crippen LogP contribution in [-0.4, -0.2) is 23.7 Å². The van der Waals surface area contributed by atoms with Gasteiger partial charge in [0.05, 0.1) is 24.1 Å². The Morgan fingerprint density at radius 1 is 1.32 bits per heavy atom. The van der Waals surface area contributed by atoms with Gasteiger partial charge in [0.2, 0.25) is 0 Å². The Bertz CT molecular complexity index is 587. The summed E-state index contributed by atoms with van der Waals surface area (Å²) in [7, 11) is 5.68. The molecular weight excluding hydrogens is 238 g/mol. The minimum Gasteiger partial charge on any atom is -0.496 e. The standard InChI is InChI=1S/C15H21N3O/c1-10-6-7-14(19-5)12(8-10)15-17-11(2)13(9-16-3)18(15)4/h6-8,16H,9H2,1-5H3. The van der Waals surface area contributed by atoms with Crippen LogP contribution in [0.25, 0.3) is 11.4 Å². The number of nitrogens with one attached hydrogen (secondary N) is 1. The van der Waals surface area contributed by atoms with Crippen LogP contribution < -0.4 is 10.1 Å². The maximum absolute atomic E-state index is 5.45. The topological polar surface area (TPSA) is 39.1 Å². The summed E-state index contributed by atoms with van der Waals surface area (Å²) in [6, 6.07) is 6.16. The van der Waals surface area contributed by atoms with Gasteiger partial charge >= 0.3 is 0 Å². The van der Waals surface area contributed by atoms with E-state index >= 15 is 0 Å². The molecule has 0 radical (unpaired) electrons. The van der Waals surface area contributed by atoms with Crippen molar-refractivity contribution in [1.29, 1.82) is 0 Å². The van der Waals surface area contributed by atoms with Crippen molar-refractivity contribution >= 4 is 0 Å². The molecule has 0 bridgehead atoms. The fourth-order valence-corrected chi connectivity index (χ4v) is 2.32. The quantitative estimate of drug-likeness (QED) is 0.916. The van der Waals surface area contributed by atoms with Crippen LogP contribution >= 0.6 is 0 Å². The molecule has 4 nitrogen and oxygen atoms in total. The Kier molecular flexibility index (Phi) is 3.90. The number of hydrogen-bond donors (Lipinski definition) is 1. The van der Waals surface area contributed by atoms with Crippen LogP contribution in [-0.2, 0) is 13.6 Å². The van der Waals surface area contributed by atoms with Gasteiger partial charge in [0.1, 0.15) is 11.6 Å². The average molecular weight is 259 g/mol. The fourth-order valence-electron chi connectivity index (χ4n) is 2.32. The smallest absolute Gasteiger partial charge is 0.143 e. The summed E-state index contributed by atoms with van der Waals surface area (Å²) in [6.45, 7) is 4.93.